The minimum atomic E-state index is -3.62. The normalized spacial score (nSPS) is 17.6. The molecule has 3 heterocycles. The van der Waals surface area contributed by atoms with E-state index in [4.69, 9.17) is 21.1 Å². The second kappa shape index (κ2) is 7.48. The Morgan fingerprint density at radius 1 is 1.17 bits per heavy atom. The summed E-state index contributed by atoms with van der Waals surface area (Å²) in [4.78, 5) is 11.1. The third-order valence-corrected chi connectivity index (χ3v) is 8.57. The SMILES string of the molecule is O=S(=O)(c1ccc(Oc2ncnc3sc4c(c23)CCC4)c(Cl)c1)N1CCOCC1. The lowest BCUT2D eigenvalue weighted by Crippen LogP contribution is -2.40. The van der Waals surface area contributed by atoms with Crippen molar-refractivity contribution in [2.75, 3.05) is 26.3 Å². The Bertz CT molecular complexity index is 1190. The quantitative estimate of drug-likeness (QED) is 0.602. The molecule has 0 unspecified atom stereocenters. The first-order valence-electron chi connectivity index (χ1n) is 9.34. The third kappa shape index (κ3) is 3.40. The molecule has 0 N–H and O–H groups in total. The van der Waals surface area contributed by atoms with E-state index in [1.165, 1.54) is 33.2 Å². The van der Waals surface area contributed by atoms with Crippen LogP contribution in [0.25, 0.3) is 10.2 Å². The summed E-state index contributed by atoms with van der Waals surface area (Å²) >= 11 is 8.07. The number of hydrogen-bond donors (Lipinski definition) is 0. The summed E-state index contributed by atoms with van der Waals surface area (Å²) in [5, 5.41) is 1.16. The zero-order valence-corrected chi connectivity index (χ0v) is 17.8. The molecule has 0 spiro atoms. The molecule has 152 valence electrons. The molecule has 0 bridgehead atoms. The van der Waals surface area contributed by atoms with Crippen molar-refractivity contribution in [1.82, 2.24) is 14.3 Å². The van der Waals surface area contributed by atoms with E-state index in [2.05, 4.69) is 9.97 Å². The number of fused-ring (bicyclic) bond motifs is 3. The number of sulfonamides is 1. The van der Waals surface area contributed by atoms with Crippen LogP contribution in [0.2, 0.25) is 5.02 Å². The van der Waals surface area contributed by atoms with Crippen LogP contribution in [-0.2, 0) is 27.6 Å². The number of aromatic nitrogens is 2. The van der Waals surface area contributed by atoms with Crippen LogP contribution in [0.5, 0.6) is 11.6 Å². The molecular weight excluding hydrogens is 434 g/mol. The number of hydrogen-bond acceptors (Lipinski definition) is 7. The van der Waals surface area contributed by atoms with E-state index < -0.39 is 10.0 Å². The summed E-state index contributed by atoms with van der Waals surface area (Å²) in [6, 6.07) is 4.52. The van der Waals surface area contributed by atoms with E-state index in [0.717, 1.165) is 29.5 Å². The highest BCUT2D eigenvalue weighted by Gasteiger charge is 2.27. The van der Waals surface area contributed by atoms with Crippen LogP contribution < -0.4 is 4.74 Å². The maximum absolute atomic E-state index is 12.8. The molecule has 10 heteroatoms. The van der Waals surface area contributed by atoms with E-state index in [-0.39, 0.29) is 9.92 Å². The highest BCUT2D eigenvalue weighted by molar-refractivity contribution is 7.89. The highest BCUT2D eigenvalue weighted by Crippen LogP contribution is 2.42. The number of morpholine rings is 1. The largest absolute Gasteiger partial charge is 0.437 e. The van der Waals surface area contributed by atoms with Gasteiger partial charge in [0.25, 0.3) is 0 Å². The molecule has 29 heavy (non-hydrogen) atoms. The number of rotatable bonds is 4. The number of benzene rings is 1. The Kier molecular flexibility index (Phi) is 4.95. The van der Waals surface area contributed by atoms with Crippen molar-refractivity contribution in [2.45, 2.75) is 24.2 Å². The summed E-state index contributed by atoms with van der Waals surface area (Å²) < 4.78 is 38.3. The Morgan fingerprint density at radius 3 is 2.79 bits per heavy atom. The fourth-order valence-corrected chi connectivity index (χ4v) is 6.68. The second-order valence-electron chi connectivity index (χ2n) is 6.93. The molecule has 1 fully saturated rings. The van der Waals surface area contributed by atoms with Crippen LogP contribution in [0.3, 0.4) is 0 Å². The lowest BCUT2D eigenvalue weighted by Gasteiger charge is -2.26. The van der Waals surface area contributed by atoms with Gasteiger partial charge in [-0.1, -0.05) is 11.6 Å². The molecule has 3 aromatic rings. The molecule has 2 aliphatic rings. The Labute approximate surface area is 177 Å². The minimum absolute atomic E-state index is 0.140. The van der Waals surface area contributed by atoms with E-state index in [1.807, 2.05) is 0 Å². The topological polar surface area (TPSA) is 81.6 Å². The number of ether oxygens (including phenoxy) is 2. The Morgan fingerprint density at radius 2 is 2.00 bits per heavy atom. The maximum Gasteiger partial charge on any atom is 0.243 e. The molecule has 0 atom stereocenters. The Balaban J connectivity index is 1.47. The fourth-order valence-electron chi connectivity index (χ4n) is 3.74. The molecule has 1 aromatic carbocycles. The Hall–Kier alpha value is -1.78. The van der Waals surface area contributed by atoms with Crippen molar-refractivity contribution in [3.8, 4) is 11.6 Å². The number of halogens is 1. The number of nitrogens with zero attached hydrogens (tertiary/aromatic N) is 3. The zero-order valence-electron chi connectivity index (χ0n) is 15.4. The van der Waals surface area contributed by atoms with Gasteiger partial charge < -0.3 is 9.47 Å². The van der Waals surface area contributed by atoms with E-state index in [1.54, 1.807) is 17.4 Å². The van der Waals surface area contributed by atoms with E-state index >= 15 is 0 Å². The van der Waals surface area contributed by atoms with Gasteiger partial charge in [0.2, 0.25) is 15.9 Å². The molecule has 0 saturated carbocycles. The molecule has 1 saturated heterocycles. The summed E-state index contributed by atoms with van der Waals surface area (Å²) in [6.45, 7) is 1.45. The molecule has 0 amide bonds. The number of thiophene rings is 1. The molecular formula is C19H18ClN3O4S2. The van der Waals surface area contributed by atoms with Crippen molar-refractivity contribution in [3.05, 3.63) is 40.0 Å². The first-order chi connectivity index (χ1) is 14.0. The smallest absolute Gasteiger partial charge is 0.243 e. The van der Waals surface area contributed by atoms with Gasteiger partial charge in [0, 0.05) is 18.0 Å². The van der Waals surface area contributed by atoms with Gasteiger partial charge in [0.05, 0.1) is 28.5 Å². The van der Waals surface area contributed by atoms with Crippen LogP contribution in [-0.4, -0.2) is 49.0 Å². The molecule has 0 radical (unpaired) electrons. The van der Waals surface area contributed by atoms with Gasteiger partial charge in [0.15, 0.2) is 0 Å². The van der Waals surface area contributed by atoms with Gasteiger partial charge in [-0.15, -0.1) is 11.3 Å². The van der Waals surface area contributed by atoms with Crippen LogP contribution in [0, 0.1) is 0 Å². The van der Waals surface area contributed by atoms with Crippen molar-refractivity contribution >= 4 is 43.2 Å². The fraction of sp³-hybridized carbons (Fsp3) is 0.368. The second-order valence-corrected chi connectivity index (χ2v) is 10.4. The zero-order chi connectivity index (χ0) is 20.0. The lowest BCUT2D eigenvalue weighted by molar-refractivity contribution is 0.0730. The lowest BCUT2D eigenvalue weighted by atomic mass is 10.2. The average molecular weight is 452 g/mol. The monoisotopic (exact) mass is 451 g/mol. The summed E-state index contributed by atoms with van der Waals surface area (Å²) in [5.41, 5.74) is 1.25. The molecule has 7 nitrogen and oxygen atoms in total. The predicted octanol–water partition coefficient (Wildman–Crippen LogP) is 3.65. The molecule has 5 rings (SSSR count). The summed E-state index contributed by atoms with van der Waals surface area (Å²) in [5.74, 6) is 0.825. The van der Waals surface area contributed by atoms with E-state index in [9.17, 15) is 8.42 Å². The summed E-state index contributed by atoms with van der Waals surface area (Å²) in [6.07, 6.45) is 4.66. The van der Waals surface area contributed by atoms with Crippen LogP contribution in [0.4, 0.5) is 0 Å². The first-order valence-corrected chi connectivity index (χ1v) is 12.0. The van der Waals surface area contributed by atoms with Crippen LogP contribution >= 0.6 is 22.9 Å². The van der Waals surface area contributed by atoms with Crippen molar-refractivity contribution in [3.63, 3.8) is 0 Å². The predicted molar refractivity (Wildman–Crippen MR) is 111 cm³/mol. The molecule has 1 aliphatic carbocycles. The minimum Gasteiger partial charge on any atom is -0.437 e. The van der Waals surface area contributed by atoms with Gasteiger partial charge in [-0.25, -0.2) is 18.4 Å². The van der Waals surface area contributed by atoms with Crippen molar-refractivity contribution < 1.29 is 17.9 Å². The van der Waals surface area contributed by atoms with Gasteiger partial charge in [-0.2, -0.15) is 4.31 Å². The van der Waals surface area contributed by atoms with Crippen molar-refractivity contribution in [2.24, 2.45) is 0 Å². The van der Waals surface area contributed by atoms with Gasteiger partial charge in [-0.05, 0) is 43.0 Å². The van der Waals surface area contributed by atoms with Gasteiger partial charge in [0.1, 0.15) is 16.9 Å². The van der Waals surface area contributed by atoms with E-state index in [0.29, 0.717) is 37.9 Å². The third-order valence-electron chi connectivity index (χ3n) is 5.18. The maximum atomic E-state index is 12.8. The van der Waals surface area contributed by atoms with Crippen molar-refractivity contribution in [1.29, 1.82) is 0 Å². The highest BCUT2D eigenvalue weighted by atomic mass is 35.5. The first kappa shape index (κ1) is 19.2. The number of aryl methyl sites for hydroxylation is 2. The molecule has 2 aromatic heterocycles. The van der Waals surface area contributed by atoms with Gasteiger partial charge in [-0.3, -0.25) is 0 Å². The summed E-state index contributed by atoms with van der Waals surface area (Å²) in [7, 11) is -3.62. The van der Waals surface area contributed by atoms with Crippen LogP contribution in [0.1, 0.15) is 16.9 Å². The standard InChI is InChI=1S/C19H18ClN3O4S2/c20-14-10-12(29(24,25)23-6-8-26-9-7-23)4-5-15(14)27-18-17-13-2-1-3-16(13)28-19(17)22-11-21-18/h4-5,10-11H,1-3,6-9H2. The van der Waals surface area contributed by atoms with Gasteiger partial charge >= 0.3 is 0 Å². The van der Waals surface area contributed by atoms with Crippen LogP contribution in [0.15, 0.2) is 29.4 Å². The average Bonchev–Trinajstić information content (AvgIpc) is 3.31. The molecule has 1 aliphatic heterocycles.